The quantitative estimate of drug-likeness (QED) is 0.638. The lowest BCUT2D eigenvalue weighted by Gasteiger charge is -2.07. The molecule has 0 saturated carbocycles. The van der Waals surface area contributed by atoms with Gasteiger partial charge in [0.25, 0.3) is 0 Å². The van der Waals surface area contributed by atoms with Crippen molar-refractivity contribution in [1.82, 2.24) is 0 Å². The summed E-state index contributed by atoms with van der Waals surface area (Å²) in [6, 6.07) is 7.25. The van der Waals surface area contributed by atoms with E-state index in [0.29, 0.717) is 5.02 Å². The van der Waals surface area contributed by atoms with Crippen molar-refractivity contribution in [3.05, 3.63) is 34.9 Å². The minimum absolute atomic E-state index is 0.198. The Balaban J connectivity index is 2.54. The van der Waals surface area contributed by atoms with Crippen molar-refractivity contribution in [3.8, 4) is 0 Å². The first-order valence-corrected chi connectivity index (χ1v) is 5.09. The van der Waals surface area contributed by atoms with E-state index in [-0.39, 0.29) is 12.6 Å². The van der Waals surface area contributed by atoms with Crippen molar-refractivity contribution < 1.29 is 9.53 Å². The topological polar surface area (TPSA) is 26.3 Å². The molecule has 0 radical (unpaired) electrons. The highest BCUT2D eigenvalue weighted by Crippen LogP contribution is 2.16. The zero-order valence-electron chi connectivity index (χ0n) is 7.74. The van der Waals surface area contributed by atoms with E-state index >= 15 is 0 Å². The summed E-state index contributed by atoms with van der Waals surface area (Å²) in [6.07, 6.45) is 0. The normalized spacial score (nSPS) is 12.2. The van der Waals surface area contributed by atoms with E-state index in [1.165, 1.54) is 0 Å². The molecule has 0 heterocycles. The molecule has 2 nitrogen and oxygen atoms in total. The summed E-state index contributed by atoms with van der Waals surface area (Å²) in [5.41, 5.74) is 0.802. The molecule has 0 aliphatic rings. The van der Waals surface area contributed by atoms with E-state index in [4.69, 9.17) is 16.3 Å². The fourth-order valence-electron chi connectivity index (χ4n) is 0.885. The lowest BCUT2D eigenvalue weighted by atomic mass is 10.2. The first-order chi connectivity index (χ1) is 6.61. The van der Waals surface area contributed by atoms with Crippen LogP contribution in [0.25, 0.3) is 0 Å². The van der Waals surface area contributed by atoms with Crippen LogP contribution < -0.4 is 0 Å². The Hall–Kier alpha value is -0.670. The minimum Gasteiger partial charge on any atom is -0.460 e. The summed E-state index contributed by atoms with van der Waals surface area (Å²) < 4.78 is 4.97. The van der Waals surface area contributed by atoms with Gasteiger partial charge in [-0.3, -0.25) is 4.79 Å². The van der Waals surface area contributed by atoms with Gasteiger partial charge in [0.1, 0.15) is 6.61 Å². The van der Waals surface area contributed by atoms with Crippen molar-refractivity contribution in [2.24, 2.45) is 0 Å². The fourth-order valence-corrected chi connectivity index (χ4v) is 1.15. The molecule has 4 heteroatoms. The van der Waals surface area contributed by atoms with Crippen molar-refractivity contribution in [2.45, 2.75) is 18.8 Å². The van der Waals surface area contributed by atoms with Gasteiger partial charge in [-0.2, -0.15) is 12.6 Å². The van der Waals surface area contributed by atoms with Crippen LogP contribution in [0.3, 0.4) is 0 Å². The van der Waals surface area contributed by atoms with Crippen molar-refractivity contribution >= 4 is 30.2 Å². The summed E-state index contributed by atoms with van der Waals surface area (Å²) >= 11 is 9.83. The molecule has 0 aromatic heterocycles. The Morgan fingerprint density at radius 3 is 2.79 bits per heavy atom. The monoisotopic (exact) mass is 230 g/mol. The molecule has 1 atom stereocenters. The fraction of sp³-hybridized carbons (Fsp3) is 0.300. The standard InChI is InChI=1S/C10H11ClO2S/c1-7(14)10(12)13-6-8-4-2-3-5-9(8)11/h2-5,7,14H,6H2,1H3. The highest BCUT2D eigenvalue weighted by Gasteiger charge is 2.09. The maximum absolute atomic E-state index is 11.1. The summed E-state index contributed by atoms with van der Waals surface area (Å²) in [7, 11) is 0. The van der Waals surface area contributed by atoms with E-state index in [2.05, 4.69) is 12.6 Å². The van der Waals surface area contributed by atoms with E-state index in [9.17, 15) is 4.79 Å². The van der Waals surface area contributed by atoms with E-state index < -0.39 is 5.25 Å². The molecule has 0 N–H and O–H groups in total. The smallest absolute Gasteiger partial charge is 0.318 e. The Morgan fingerprint density at radius 2 is 2.21 bits per heavy atom. The van der Waals surface area contributed by atoms with Gasteiger partial charge >= 0.3 is 5.97 Å². The van der Waals surface area contributed by atoms with Gasteiger partial charge in [0.15, 0.2) is 0 Å². The first kappa shape index (κ1) is 11.4. The molecular formula is C10H11ClO2S. The van der Waals surface area contributed by atoms with Gasteiger partial charge in [0.05, 0.1) is 5.25 Å². The summed E-state index contributed by atoms with van der Waals surface area (Å²) in [6.45, 7) is 1.86. The van der Waals surface area contributed by atoms with Crippen LogP contribution in [0.1, 0.15) is 12.5 Å². The Bertz CT molecular complexity index is 326. The SMILES string of the molecule is CC(S)C(=O)OCc1ccccc1Cl. The molecule has 0 amide bonds. The van der Waals surface area contributed by atoms with Crippen LogP contribution >= 0.6 is 24.2 Å². The third kappa shape index (κ3) is 3.24. The molecule has 0 aliphatic heterocycles. The molecule has 0 saturated heterocycles. The molecule has 0 aliphatic carbocycles. The summed E-state index contributed by atoms with van der Waals surface area (Å²) in [5.74, 6) is -0.340. The number of carbonyl (C=O) groups is 1. The third-order valence-electron chi connectivity index (χ3n) is 1.67. The number of rotatable bonds is 3. The number of hydrogen-bond acceptors (Lipinski definition) is 3. The largest absolute Gasteiger partial charge is 0.460 e. The molecule has 76 valence electrons. The van der Waals surface area contributed by atoms with Gasteiger partial charge in [0.2, 0.25) is 0 Å². The van der Waals surface area contributed by atoms with Gasteiger partial charge in [-0.15, -0.1) is 0 Å². The van der Waals surface area contributed by atoms with Crippen molar-refractivity contribution in [2.75, 3.05) is 0 Å². The molecule has 0 fully saturated rings. The number of esters is 1. The maximum Gasteiger partial charge on any atom is 0.318 e. The van der Waals surface area contributed by atoms with Gasteiger partial charge < -0.3 is 4.74 Å². The molecule has 0 spiro atoms. The first-order valence-electron chi connectivity index (χ1n) is 4.19. The van der Waals surface area contributed by atoms with Crippen LogP contribution in [-0.2, 0) is 16.1 Å². The molecule has 0 bridgehead atoms. The minimum atomic E-state index is -0.405. The maximum atomic E-state index is 11.1. The Labute approximate surface area is 93.6 Å². The number of thiol groups is 1. The molecule has 1 rings (SSSR count). The zero-order valence-corrected chi connectivity index (χ0v) is 9.39. The number of ether oxygens (including phenoxy) is 1. The lowest BCUT2D eigenvalue weighted by Crippen LogP contribution is -2.14. The zero-order chi connectivity index (χ0) is 10.6. The van der Waals surface area contributed by atoms with E-state index in [1.807, 2.05) is 18.2 Å². The van der Waals surface area contributed by atoms with E-state index in [0.717, 1.165) is 5.56 Å². The predicted octanol–water partition coefficient (Wildman–Crippen LogP) is 2.70. The molecule has 14 heavy (non-hydrogen) atoms. The van der Waals surface area contributed by atoms with Gasteiger partial charge in [-0.1, -0.05) is 29.8 Å². The predicted molar refractivity (Wildman–Crippen MR) is 59.7 cm³/mol. The van der Waals surface area contributed by atoms with Gasteiger partial charge in [0, 0.05) is 10.6 Å². The average molecular weight is 231 g/mol. The van der Waals surface area contributed by atoms with Crippen molar-refractivity contribution in [1.29, 1.82) is 0 Å². The molecule has 1 unspecified atom stereocenters. The summed E-state index contributed by atoms with van der Waals surface area (Å²) in [5, 5.41) is 0.199. The second-order valence-electron chi connectivity index (χ2n) is 2.88. The van der Waals surface area contributed by atoms with Crippen LogP contribution in [-0.4, -0.2) is 11.2 Å². The van der Waals surface area contributed by atoms with Crippen LogP contribution in [0.2, 0.25) is 5.02 Å². The molecule has 1 aromatic rings. The third-order valence-corrected chi connectivity index (χ3v) is 2.25. The van der Waals surface area contributed by atoms with Crippen LogP contribution in [0.5, 0.6) is 0 Å². The lowest BCUT2D eigenvalue weighted by molar-refractivity contribution is -0.143. The number of hydrogen-bond donors (Lipinski definition) is 1. The second kappa shape index (κ2) is 5.27. The average Bonchev–Trinajstić information content (AvgIpc) is 2.16. The number of carbonyl (C=O) groups excluding carboxylic acids is 1. The molecule has 1 aromatic carbocycles. The number of benzene rings is 1. The van der Waals surface area contributed by atoms with Gasteiger partial charge in [-0.25, -0.2) is 0 Å². The highest BCUT2D eigenvalue weighted by molar-refractivity contribution is 7.81. The Kier molecular flexibility index (Phi) is 4.29. The van der Waals surface area contributed by atoms with Crippen LogP contribution in [0.4, 0.5) is 0 Å². The summed E-state index contributed by atoms with van der Waals surface area (Å²) in [4.78, 5) is 11.1. The van der Waals surface area contributed by atoms with Crippen LogP contribution in [0.15, 0.2) is 24.3 Å². The number of halogens is 1. The van der Waals surface area contributed by atoms with Gasteiger partial charge in [-0.05, 0) is 13.0 Å². The Morgan fingerprint density at radius 1 is 1.57 bits per heavy atom. The van der Waals surface area contributed by atoms with Crippen LogP contribution in [0, 0.1) is 0 Å². The van der Waals surface area contributed by atoms with Crippen molar-refractivity contribution in [3.63, 3.8) is 0 Å². The molecular weight excluding hydrogens is 220 g/mol. The van der Waals surface area contributed by atoms with E-state index in [1.54, 1.807) is 13.0 Å². The highest BCUT2D eigenvalue weighted by atomic mass is 35.5. The second-order valence-corrected chi connectivity index (χ2v) is 4.06.